The van der Waals surface area contributed by atoms with Gasteiger partial charge < -0.3 is 4.18 Å². The number of hydrogen-bond acceptors (Lipinski definition) is 6. The van der Waals surface area contributed by atoms with Crippen LogP contribution < -0.4 is 4.18 Å². The number of nitrogens with zero attached hydrogens (tertiary/aromatic N) is 3. The molecule has 10 aromatic rings. The van der Waals surface area contributed by atoms with Gasteiger partial charge in [0.1, 0.15) is 0 Å². The van der Waals surface area contributed by atoms with Crippen LogP contribution in [-0.4, -0.2) is 28.9 Å². The van der Waals surface area contributed by atoms with Crippen LogP contribution in [0.25, 0.3) is 101 Å². The summed E-state index contributed by atoms with van der Waals surface area (Å²) in [5, 5.41) is 0. The van der Waals surface area contributed by atoms with Gasteiger partial charge >= 0.3 is 15.6 Å². The van der Waals surface area contributed by atoms with Crippen molar-refractivity contribution < 1.29 is 25.8 Å². The predicted octanol–water partition coefficient (Wildman–Crippen LogP) is 17.7. The number of hydrogen-bond donors (Lipinski definition) is 0. The minimum Gasteiger partial charge on any atom is -0.375 e. The van der Waals surface area contributed by atoms with Crippen molar-refractivity contribution in [3.63, 3.8) is 0 Å². The zero-order valence-electron chi connectivity index (χ0n) is 42.9. The Bertz CT molecular complexity index is 3700. The quantitative estimate of drug-likeness (QED) is 0.0948. The van der Waals surface area contributed by atoms with E-state index in [0.29, 0.717) is 22.4 Å². The number of benzene rings is 7. The summed E-state index contributed by atoms with van der Waals surface area (Å²) in [7, 11) is -6.09. The van der Waals surface area contributed by atoms with Gasteiger partial charge in [-0.15, -0.1) is 0 Å². The van der Waals surface area contributed by atoms with E-state index in [2.05, 4.69) is 162 Å². The highest BCUT2D eigenvalue weighted by Crippen LogP contribution is 2.45. The topological polar surface area (TPSA) is 82.0 Å². The minimum absolute atomic E-state index is 0.0407. The highest BCUT2D eigenvalue weighted by atomic mass is 32.2. The van der Waals surface area contributed by atoms with Gasteiger partial charge in [0, 0.05) is 40.8 Å². The maximum absolute atomic E-state index is 14.1. The van der Waals surface area contributed by atoms with Crippen molar-refractivity contribution in [1.29, 1.82) is 0 Å². The number of pyridine rings is 3. The van der Waals surface area contributed by atoms with Crippen molar-refractivity contribution in [2.24, 2.45) is 0 Å². The first kappa shape index (κ1) is 51.0. The molecular weight excluding hydrogens is 972 g/mol. The molecular formula is C66H54F3N3O3S. The summed E-state index contributed by atoms with van der Waals surface area (Å²) < 4.78 is 73.0. The largest absolute Gasteiger partial charge is 0.534 e. The van der Waals surface area contributed by atoms with E-state index in [9.17, 15) is 21.6 Å². The van der Waals surface area contributed by atoms with E-state index in [0.717, 1.165) is 72.6 Å². The smallest absolute Gasteiger partial charge is 0.375 e. The van der Waals surface area contributed by atoms with E-state index in [1.807, 2.05) is 48.8 Å². The third-order valence-corrected chi connectivity index (χ3v) is 14.6. The molecule has 0 bridgehead atoms. The molecule has 0 aliphatic carbocycles. The molecule has 7 aromatic carbocycles. The van der Waals surface area contributed by atoms with E-state index >= 15 is 0 Å². The number of halogens is 3. The van der Waals surface area contributed by atoms with Crippen LogP contribution in [0.1, 0.15) is 52.7 Å². The van der Waals surface area contributed by atoms with Crippen LogP contribution in [0.4, 0.5) is 13.2 Å². The van der Waals surface area contributed by atoms with Crippen LogP contribution in [0.15, 0.2) is 219 Å². The van der Waals surface area contributed by atoms with E-state index < -0.39 is 21.4 Å². The Morgan fingerprint density at radius 2 is 0.711 bits per heavy atom. The summed E-state index contributed by atoms with van der Waals surface area (Å²) >= 11 is 0. The Hall–Kier alpha value is -8.47. The molecule has 0 saturated heterocycles. The molecule has 0 aliphatic rings. The van der Waals surface area contributed by atoms with E-state index in [1.165, 1.54) is 17.2 Å². The lowest BCUT2D eigenvalue weighted by atomic mass is 9.85. The Labute approximate surface area is 442 Å². The summed E-state index contributed by atoms with van der Waals surface area (Å²) in [6.07, 6.45) is 5.26. The van der Waals surface area contributed by atoms with Gasteiger partial charge in [-0.1, -0.05) is 175 Å². The fourth-order valence-corrected chi connectivity index (χ4v) is 9.93. The van der Waals surface area contributed by atoms with Gasteiger partial charge in [-0.05, 0) is 150 Å². The Morgan fingerprint density at radius 3 is 1.12 bits per heavy atom. The molecule has 0 atom stereocenters. The number of aromatic nitrogens is 3. The van der Waals surface area contributed by atoms with Crippen LogP contribution in [0.5, 0.6) is 5.75 Å². The maximum Gasteiger partial charge on any atom is 0.534 e. The van der Waals surface area contributed by atoms with Crippen LogP contribution in [-0.2, 0) is 20.9 Å². The minimum atomic E-state index is -6.09. The average Bonchev–Trinajstić information content (AvgIpc) is 3.43. The van der Waals surface area contributed by atoms with Crippen molar-refractivity contribution in [3.8, 4) is 106 Å². The third kappa shape index (κ3) is 10.7. The molecule has 0 radical (unpaired) electrons. The Morgan fingerprint density at radius 1 is 0.342 bits per heavy atom. The van der Waals surface area contributed by atoms with E-state index in [1.54, 1.807) is 48.7 Å². The molecule has 0 unspecified atom stereocenters. The summed E-state index contributed by atoms with van der Waals surface area (Å²) in [6, 6.07) is 64.9. The molecule has 0 spiro atoms. The highest BCUT2D eigenvalue weighted by Gasteiger charge is 2.49. The second-order valence-corrected chi connectivity index (χ2v) is 22.4. The standard InChI is InChI=1S/C66H54F3N3O3S/c1-64(2,3)51-32-35-71-61(41-51)45-26-22-43(23-27-45)53-15-7-9-17-55(53)48-37-49(56-18-10-8-16-54(56)44-24-28-46(29-25-44)62-42-52(33-36-72-62)65(4,5)6)39-50(38-48)57-19-11-12-20-58(57)59-31-30-47(60-21-13-14-34-70-60)40-63(59)75-76(73,74)66(67,68)69/h7-42H,1-6H3. The average molecular weight is 1030 g/mol. The fourth-order valence-electron chi connectivity index (χ4n) is 9.46. The monoisotopic (exact) mass is 1030 g/mol. The van der Waals surface area contributed by atoms with Gasteiger partial charge in [0.2, 0.25) is 0 Å². The van der Waals surface area contributed by atoms with Crippen LogP contribution in [0.3, 0.4) is 0 Å². The van der Waals surface area contributed by atoms with E-state index in [4.69, 9.17) is 14.2 Å². The molecule has 10 heteroatoms. The second kappa shape index (κ2) is 20.3. The lowest BCUT2D eigenvalue weighted by molar-refractivity contribution is -0.0499. The normalized spacial score (nSPS) is 12.1. The molecule has 3 heterocycles. The molecule has 10 rings (SSSR count). The SMILES string of the molecule is CC(C)(C)c1ccnc(-c2ccc(-c3ccccc3-c3cc(-c4ccccc4-c4ccc(-c5cc(C(C)(C)C)ccn5)cc4)cc(-c4ccccc4-c4ccc(-c5ccccn5)cc4OS(=O)(=O)C(F)(F)F)c3)cc2)c1. The van der Waals surface area contributed by atoms with Crippen LogP contribution in [0.2, 0.25) is 0 Å². The van der Waals surface area contributed by atoms with Gasteiger partial charge in [0.05, 0.1) is 17.1 Å². The second-order valence-electron chi connectivity index (χ2n) is 20.9. The van der Waals surface area contributed by atoms with Gasteiger partial charge in [-0.3, -0.25) is 15.0 Å². The molecule has 0 amide bonds. The number of alkyl halides is 3. The van der Waals surface area contributed by atoms with E-state index in [-0.39, 0.29) is 16.4 Å². The zero-order valence-corrected chi connectivity index (χ0v) is 43.7. The summed E-state index contributed by atoms with van der Waals surface area (Å²) in [5.74, 6) is -0.493. The fraction of sp³-hybridized carbons (Fsp3) is 0.136. The van der Waals surface area contributed by atoms with Crippen LogP contribution in [0, 0.1) is 0 Å². The van der Waals surface area contributed by atoms with Crippen molar-refractivity contribution in [2.45, 2.75) is 57.9 Å². The Kier molecular flexibility index (Phi) is 13.7. The van der Waals surface area contributed by atoms with Gasteiger partial charge in [-0.25, -0.2) is 0 Å². The highest BCUT2D eigenvalue weighted by molar-refractivity contribution is 7.88. The zero-order chi connectivity index (χ0) is 53.4. The first-order chi connectivity index (χ1) is 36.3. The van der Waals surface area contributed by atoms with Crippen molar-refractivity contribution in [2.75, 3.05) is 0 Å². The molecule has 0 aliphatic heterocycles. The van der Waals surface area contributed by atoms with Gasteiger partial charge in [0.25, 0.3) is 0 Å². The predicted molar refractivity (Wildman–Crippen MR) is 302 cm³/mol. The molecule has 0 fully saturated rings. The molecule has 3 aromatic heterocycles. The Balaban J connectivity index is 1.14. The van der Waals surface area contributed by atoms with Crippen molar-refractivity contribution in [1.82, 2.24) is 15.0 Å². The van der Waals surface area contributed by atoms with Crippen LogP contribution >= 0.6 is 0 Å². The summed E-state index contributed by atoms with van der Waals surface area (Å²) in [4.78, 5) is 13.8. The molecule has 378 valence electrons. The third-order valence-electron chi connectivity index (χ3n) is 13.6. The molecule has 6 nitrogen and oxygen atoms in total. The molecule has 0 saturated carbocycles. The lowest BCUT2D eigenvalue weighted by Gasteiger charge is -2.20. The summed E-state index contributed by atoms with van der Waals surface area (Å²) in [5.41, 5.74) is 10.7. The summed E-state index contributed by atoms with van der Waals surface area (Å²) in [6.45, 7) is 13.1. The maximum atomic E-state index is 14.1. The van der Waals surface area contributed by atoms with Crippen molar-refractivity contribution >= 4 is 10.1 Å². The van der Waals surface area contributed by atoms with Crippen molar-refractivity contribution in [3.05, 3.63) is 230 Å². The van der Waals surface area contributed by atoms with Gasteiger partial charge in [0.15, 0.2) is 5.75 Å². The number of rotatable bonds is 11. The first-order valence-corrected chi connectivity index (χ1v) is 26.4. The molecule has 0 N–H and O–H groups in total. The lowest BCUT2D eigenvalue weighted by Crippen LogP contribution is -2.28. The molecule has 76 heavy (non-hydrogen) atoms. The van der Waals surface area contributed by atoms with Gasteiger partial charge in [-0.2, -0.15) is 21.6 Å². The first-order valence-electron chi connectivity index (χ1n) is 25.0.